The van der Waals surface area contributed by atoms with Crippen LogP contribution >= 0.6 is 0 Å². The van der Waals surface area contributed by atoms with Gasteiger partial charge in [-0.05, 0) is 25.7 Å². The summed E-state index contributed by atoms with van der Waals surface area (Å²) in [5, 5.41) is 0. The summed E-state index contributed by atoms with van der Waals surface area (Å²) in [6.45, 7) is 2.21. The zero-order valence-corrected chi connectivity index (χ0v) is 8.69. The standard InChI is InChI=1S/C12H21F/c1-2-3-4-5-8-11-9-6-7-10-12(11)13/h10-11H,2-9H2,1H3. The van der Waals surface area contributed by atoms with Gasteiger partial charge in [-0.25, -0.2) is 4.39 Å². The summed E-state index contributed by atoms with van der Waals surface area (Å²) >= 11 is 0. The molecule has 1 aliphatic rings. The first-order valence-corrected chi connectivity index (χ1v) is 5.70. The summed E-state index contributed by atoms with van der Waals surface area (Å²) in [6.07, 6.45) is 11.1. The lowest BCUT2D eigenvalue weighted by Gasteiger charge is -2.18. The van der Waals surface area contributed by atoms with E-state index in [0.29, 0.717) is 0 Å². The molecule has 0 fully saturated rings. The van der Waals surface area contributed by atoms with Crippen LogP contribution < -0.4 is 0 Å². The van der Waals surface area contributed by atoms with Crippen LogP contribution in [0.2, 0.25) is 0 Å². The molecule has 76 valence electrons. The van der Waals surface area contributed by atoms with Crippen molar-refractivity contribution in [2.24, 2.45) is 5.92 Å². The zero-order chi connectivity index (χ0) is 9.52. The molecule has 0 saturated carbocycles. The van der Waals surface area contributed by atoms with Gasteiger partial charge in [0, 0.05) is 5.92 Å². The SMILES string of the molecule is CCCCCCC1CCCC=C1F. The van der Waals surface area contributed by atoms with Crippen molar-refractivity contribution in [2.75, 3.05) is 0 Å². The van der Waals surface area contributed by atoms with Gasteiger partial charge in [-0.2, -0.15) is 0 Å². The third-order valence-corrected chi connectivity index (χ3v) is 2.89. The molecule has 0 aromatic carbocycles. The van der Waals surface area contributed by atoms with Crippen molar-refractivity contribution >= 4 is 0 Å². The van der Waals surface area contributed by atoms with Gasteiger partial charge in [0.05, 0.1) is 5.83 Å². The second-order valence-corrected chi connectivity index (χ2v) is 4.07. The second kappa shape index (κ2) is 6.17. The number of hydrogen-bond donors (Lipinski definition) is 0. The van der Waals surface area contributed by atoms with Crippen LogP contribution in [0.25, 0.3) is 0 Å². The summed E-state index contributed by atoms with van der Waals surface area (Å²) in [5.74, 6) is 0.438. The monoisotopic (exact) mass is 184 g/mol. The average Bonchev–Trinajstić information content (AvgIpc) is 2.15. The van der Waals surface area contributed by atoms with Crippen LogP contribution in [0.3, 0.4) is 0 Å². The molecule has 0 aromatic rings. The van der Waals surface area contributed by atoms with Gasteiger partial charge >= 0.3 is 0 Å². The lowest BCUT2D eigenvalue weighted by atomic mass is 9.90. The quantitative estimate of drug-likeness (QED) is 0.547. The highest BCUT2D eigenvalue weighted by atomic mass is 19.1. The lowest BCUT2D eigenvalue weighted by Crippen LogP contribution is -2.05. The molecule has 0 N–H and O–H groups in total. The Hall–Kier alpha value is -0.330. The molecule has 1 atom stereocenters. The molecule has 1 rings (SSSR count). The van der Waals surface area contributed by atoms with Crippen molar-refractivity contribution in [3.8, 4) is 0 Å². The van der Waals surface area contributed by atoms with Crippen molar-refractivity contribution in [3.05, 3.63) is 11.9 Å². The molecule has 1 aliphatic carbocycles. The van der Waals surface area contributed by atoms with Crippen LogP contribution in [0.5, 0.6) is 0 Å². The molecule has 0 heterocycles. The molecular weight excluding hydrogens is 163 g/mol. The summed E-state index contributed by atoms with van der Waals surface area (Å²) in [4.78, 5) is 0. The van der Waals surface area contributed by atoms with Crippen LogP contribution in [0, 0.1) is 5.92 Å². The Kier molecular flexibility index (Phi) is 5.10. The topological polar surface area (TPSA) is 0 Å². The minimum Gasteiger partial charge on any atom is -0.212 e. The average molecular weight is 184 g/mol. The van der Waals surface area contributed by atoms with Crippen molar-refractivity contribution < 1.29 is 4.39 Å². The van der Waals surface area contributed by atoms with Gasteiger partial charge in [0.25, 0.3) is 0 Å². The van der Waals surface area contributed by atoms with Gasteiger partial charge < -0.3 is 0 Å². The molecule has 0 saturated heterocycles. The molecule has 1 unspecified atom stereocenters. The first kappa shape index (κ1) is 10.7. The van der Waals surface area contributed by atoms with E-state index in [9.17, 15) is 4.39 Å². The highest BCUT2D eigenvalue weighted by Crippen LogP contribution is 2.29. The van der Waals surface area contributed by atoms with Crippen LogP contribution in [0.1, 0.15) is 58.3 Å². The fourth-order valence-corrected chi connectivity index (χ4v) is 2.01. The Morgan fingerprint density at radius 1 is 1.38 bits per heavy atom. The Bertz CT molecular complexity index is 161. The molecule has 0 aliphatic heterocycles. The third-order valence-electron chi connectivity index (χ3n) is 2.89. The van der Waals surface area contributed by atoms with E-state index >= 15 is 0 Å². The van der Waals surface area contributed by atoms with Gasteiger partial charge in [-0.15, -0.1) is 0 Å². The molecule has 1 heteroatoms. The predicted molar refractivity (Wildman–Crippen MR) is 55.3 cm³/mol. The fourth-order valence-electron chi connectivity index (χ4n) is 2.01. The van der Waals surface area contributed by atoms with E-state index < -0.39 is 0 Å². The van der Waals surface area contributed by atoms with Crippen LogP contribution in [0.15, 0.2) is 11.9 Å². The molecule has 0 nitrogen and oxygen atoms in total. The summed E-state index contributed by atoms with van der Waals surface area (Å²) in [5.41, 5.74) is 0. The molecular formula is C12H21F. The van der Waals surface area contributed by atoms with Crippen molar-refractivity contribution in [3.63, 3.8) is 0 Å². The molecule has 0 amide bonds. The van der Waals surface area contributed by atoms with Gasteiger partial charge in [0.2, 0.25) is 0 Å². The number of allylic oxidation sites excluding steroid dienone is 2. The van der Waals surface area contributed by atoms with Crippen molar-refractivity contribution in [2.45, 2.75) is 58.3 Å². The Labute approximate surface area is 81.2 Å². The van der Waals surface area contributed by atoms with E-state index in [4.69, 9.17) is 0 Å². The number of hydrogen-bond acceptors (Lipinski definition) is 0. The van der Waals surface area contributed by atoms with E-state index in [1.165, 1.54) is 32.1 Å². The predicted octanol–water partition coefficient (Wildman–Crippen LogP) is 4.61. The first-order chi connectivity index (χ1) is 6.34. The number of rotatable bonds is 5. The third kappa shape index (κ3) is 3.93. The number of unbranched alkanes of at least 4 members (excludes halogenated alkanes) is 3. The maximum Gasteiger partial charge on any atom is 0.0990 e. The van der Waals surface area contributed by atoms with E-state index in [0.717, 1.165) is 19.3 Å². The van der Waals surface area contributed by atoms with Crippen LogP contribution in [-0.4, -0.2) is 0 Å². The van der Waals surface area contributed by atoms with Crippen molar-refractivity contribution in [1.82, 2.24) is 0 Å². The van der Waals surface area contributed by atoms with Gasteiger partial charge in [0.15, 0.2) is 0 Å². The van der Waals surface area contributed by atoms with E-state index in [1.54, 1.807) is 6.08 Å². The van der Waals surface area contributed by atoms with Gasteiger partial charge in [0.1, 0.15) is 0 Å². The minimum atomic E-state index is 0.169. The summed E-state index contributed by atoms with van der Waals surface area (Å²) < 4.78 is 13.2. The number of halogens is 1. The highest BCUT2D eigenvalue weighted by molar-refractivity contribution is 5.01. The molecule has 0 radical (unpaired) electrons. The fraction of sp³-hybridized carbons (Fsp3) is 0.833. The maximum absolute atomic E-state index is 13.2. The second-order valence-electron chi connectivity index (χ2n) is 4.07. The summed E-state index contributed by atoms with van der Waals surface area (Å²) in [6, 6.07) is 0. The Balaban J connectivity index is 2.13. The van der Waals surface area contributed by atoms with Crippen LogP contribution in [0.4, 0.5) is 4.39 Å². The summed E-state index contributed by atoms with van der Waals surface area (Å²) in [7, 11) is 0. The zero-order valence-electron chi connectivity index (χ0n) is 8.69. The van der Waals surface area contributed by atoms with E-state index in [2.05, 4.69) is 6.92 Å². The lowest BCUT2D eigenvalue weighted by molar-refractivity contribution is 0.373. The smallest absolute Gasteiger partial charge is 0.0990 e. The van der Waals surface area contributed by atoms with E-state index in [-0.39, 0.29) is 11.7 Å². The molecule has 0 aromatic heterocycles. The van der Waals surface area contributed by atoms with E-state index in [1.807, 2.05) is 0 Å². The van der Waals surface area contributed by atoms with Crippen LogP contribution in [-0.2, 0) is 0 Å². The van der Waals surface area contributed by atoms with Gasteiger partial charge in [-0.1, -0.05) is 38.7 Å². The Morgan fingerprint density at radius 3 is 2.92 bits per heavy atom. The molecule has 0 bridgehead atoms. The minimum absolute atomic E-state index is 0.169. The van der Waals surface area contributed by atoms with Gasteiger partial charge in [-0.3, -0.25) is 0 Å². The highest BCUT2D eigenvalue weighted by Gasteiger charge is 2.16. The first-order valence-electron chi connectivity index (χ1n) is 5.70. The maximum atomic E-state index is 13.2. The largest absolute Gasteiger partial charge is 0.212 e. The van der Waals surface area contributed by atoms with Crippen molar-refractivity contribution in [1.29, 1.82) is 0 Å². The Morgan fingerprint density at radius 2 is 2.23 bits per heavy atom. The molecule has 13 heavy (non-hydrogen) atoms. The molecule has 0 spiro atoms. The normalized spacial score (nSPS) is 22.9.